The summed E-state index contributed by atoms with van der Waals surface area (Å²) >= 11 is 0. The van der Waals surface area contributed by atoms with Crippen LogP contribution in [0.5, 0.6) is 5.75 Å². The lowest BCUT2D eigenvalue weighted by Crippen LogP contribution is -2.14. The highest BCUT2D eigenvalue weighted by molar-refractivity contribution is 5.32. The zero-order valence-corrected chi connectivity index (χ0v) is 11.4. The number of benzene rings is 1. The van der Waals surface area contributed by atoms with Crippen molar-refractivity contribution >= 4 is 0 Å². The molecule has 1 aliphatic rings. The Morgan fingerprint density at radius 2 is 2.40 bits per heavy atom. The van der Waals surface area contributed by atoms with Crippen LogP contribution in [-0.2, 0) is 4.74 Å². The smallest absolute Gasteiger partial charge is 0.171 e. The van der Waals surface area contributed by atoms with E-state index < -0.39 is 0 Å². The van der Waals surface area contributed by atoms with Gasteiger partial charge in [0.05, 0.1) is 13.2 Å². The van der Waals surface area contributed by atoms with Gasteiger partial charge in [0.15, 0.2) is 11.6 Å². The fourth-order valence-corrected chi connectivity index (χ4v) is 2.35. The Balaban J connectivity index is 1.80. The second-order valence-corrected chi connectivity index (χ2v) is 4.83. The first-order valence-electron chi connectivity index (χ1n) is 6.71. The molecule has 1 saturated heterocycles. The van der Waals surface area contributed by atoms with Crippen molar-refractivity contribution in [2.45, 2.75) is 25.0 Å². The average molecular weight is 274 g/mol. The first-order chi connectivity index (χ1) is 9.78. The highest BCUT2D eigenvalue weighted by Crippen LogP contribution is 2.27. The Morgan fingerprint density at radius 1 is 1.50 bits per heavy atom. The van der Waals surface area contributed by atoms with Crippen LogP contribution in [0.2, 0.25) is 0 Å². The Hall–Kier alpha value is -1.92. The fraction of sp³-hybridized carbons (Fsp3) is 0.429. The van der Waals surface area contributed by atoms with E-state index in [0.29, 0.717) is 5.82 Å². The van der Waals surface area contributed by atoms with Crippen molar-refractivity contribution < 1.29 is 9.47 Å². The minimum absolute atomic E-state index is 0.0220. The predicted octanol–water partition coefficient (Wildman–Crippen LogP) is 1.71. The first-order valence-corrected chi connectivity index (χ1v) is 6.71. The molecule has 0 unspecified atom stereocenters. The molecule has 3 rings (SSSR count). The quantitative estimate of drug-likeness (QED) is 0.886. The van der Waals surface area contributed by atoms with Crippen LogP contribution in [0.3, 0.4) is 0 Å². The Labute approximate surface area is 117 Å². The maximum atomic E-state index is 6.21. The Morgan fingerprint density at radius 3 is 3.15 bits per heavy atom. The van der Waals surface area contributed by atoms with E-state index in [9.17, 15) is 0 Å². The lowest BCUT2D eigenvalue weighted by Gasteiger charge is -2.09. The number of rotatable bonds is 4. The van der Waals surface area contributed by atoms with Crippen LogP contribution in [-0.4, -0.2) is 28.9 Å². The first kappa shape index (κ1) is 13.1. The third-order valence-electron chi connectivity index (χ3n) is 3.49. The number of H-pyrrole nitrogens is 1. The minimum atomic E-state index is -0.378. The SMILES string of the molecule is COc1cccc([C@H](N)c2n[nH]c([C@H]3CCCO3)n2)c1. The van der Waals surface area contributed by atoms with Gasteiger partial charge in [0.2, 0.25) is 0 Å². The molecule has 1 aromatic carbocycles. The molecule has 2 atom stereocenters. The van der Waals surface area contributed by atoms with Gasteiger partial charge in [-0.05, 0) is 30.5 Å². The van der Waals surface area contributed by atoms with Crippen molar-refractivity contribution in [2.24, 2.45) is 5.73 Å². The lowest BCUT2D eigenvalue weighted by molar-refractivity contribution is 0.105. The summed E-state index contributed by atoms with van der Waals surface area (Å²) in [6, 6.07) is 7.24. The van der Waals surface area contributed by atoms with Gasteiger partial charge >= 0.3 is 0 Å². The van der Waals surface area contributed by atoms with E-state index in [1.54, 1.807) is 7.11 Å². The zero-order valence-electron chi connectivity index (χ0n) is 11.4. The largest absolute Gasteiger partial charge is 0.497 e. The molecule has 0 aliphatic carbocycles. The molecule has 0 spiro atoms. The molecule has 2 aromatic rings. The van der Waals surface area contributed by atoms with E-state index in [-0.39, 0.29) is 12.1 Å². The summed E-state index contributed by atoms with van der Waals surface area (Å²) in [6.07, 6.45) is 2.06. The third kappa shape index (κ3) is 2.52. The molecular weight excluding hydrogens is 256 g/mol. The number of methoxy groups -OCH3 is 1. The molecule has 0 saturated carbocycles. The normalized spacial score (nSPS) is 20.0. The van der Waals surface area contributed by atoms with Crippen molar-refractivity contribution in [2.75, 3.05) is 13.7 Å². The molecule has 6 heteroatoms. The molecule has 1 aromatic heterocycles. The van der Waals surface area contributed by atoms with Crippen LogP contribution in [0.25, 0.3) is 0 Å². The number of nitrogens with two attached hydrogens (primary N) is 1. The fourth-order valence-electron chi connectivity index (χ4n) is 2.35. The van der Waals surface area contributed by atoms with Crippen LogP contribution in [0.4, 0.5) is 0 Å². The van der Waals surface area contributed by atoms with Gasteiger partial charge in [-0.3, -0.25) is 5.10 Å². The second kappa shape index (κ2) is 5.60. The molecule has 0 bridgehead atoms. The molecule has 3 N–H and O–H groups in total. The molecular formula is C14H18N4O2. The predicted molar refractivity (Wildman–Crippen MR) is 73.3 cm³/mol. The summed E-state index contributed by atoms with van der Waals surface area (Å²) < 4.78 is 10.8. The van der Waals surface area contributed by atoms with Gasteiger partial charge in [0.1, 0.15) is 11.9 Å². The summed E-state index contributed by atoms with van der Waals surface area (Å²) in [4.78, 5) is 4.47. The molecule has 1 fully saturated rings. The molecule has 106 valence electrons. The average Bonchev–Trinajstić information content (AvgIpc) is 3.17. The maximum absolute atomic E-state index is 6.21. The Kier molecular flexibility index (Phi) is 3.66. The van der Waals surface area contributed by atoms with Gasteiger partial charge in [0, 0.05) is 6.61 Å². The topological polar surface area (TPSA) is 86.0 Å². The summed E-state index contributed by atoms with van der Waals surface area (Å²) in [5.74, 6) is 2.10. The molecule has 1 aliphatic heterocycles. The number of aromatic amines is 1. The molecule has 20 heavy (non-hydrogen) atoms. The number of nitrogens with one attached hydrogen (secondary N) is 1. The summed E-state index contributed by atoms with van der Waals surface area (Å²) in [5.41, 5.74) is 7.13. The van der Waals surface area contributed by atoms with Crippen molar-refractivity contribution in [1.29, 1.82) is 0 Å². The van der Waals surface area contributed by atoms with Crippen LogP contribution in [0.1, 0.15) is 42.2 Å². The number of hydrogen-bond acceptors (Lipinski definition) is 5. The highest BCUT2D eigenvalue weighted by atomic mass is 16.5. The minimum Gasteiger partial charge on any atom is -0.497 e. The van der Waals surface area contributed by atoms with Crippen molar-refractivity contribution in [1.82, 2.24) is 15.2 Å². The van der Waals surface area contributed by atoms with E-state index in [1.807, 2.05) is 24.3 Å². The van der Waals surface area contributed by atoms with Crippen LogP contribution >= 0.6 is 0 Å². The van der Waals surface area contributed by atoms with E-state index in [0.717, 1.165) is 36.6 Å². The van der Waals surface area contributed by atoms with Gasteiger partial charge in [-0.25, -0.2) is 4.98 Å². The summed E-state index contributed by atoms with van der Waals surface area (Å²) in [6.45, 7) is 0.780. The van der Waals surface area contributed by atoms with Gasteiger partial charge in [-0.2, -0.15) is 5.10 Å². The van der Waals surface area contributed by atoms with E-state index in [1.165, 1.54) is 0 Å². The number of aromatic nitrogens is 3. The van der Waals surface area contributed by atoms with Crippen LogP contribution in [0, 0.1) is 0 Å². The van der Waals surface area contributed by atoms with Gasteiger partial charge < -0.3 is 15.2 Å². The van der Waals surface area contributed by atoms with Gasteiger partial charge in [-0.1, -0.05) is 12.1 Å². The van der Waals surface area contributed by atoms with Crippen LogP contribution < -0.4 is 10.5 Å². The van der Waals surface area contributed by atoms with E-state index in [4.69, 9.17) is 15.2 Å². The highest BCUT2D eigenvalue weighted by Gasteiger charge is 2.23. The lowest BCUT2D eigenvalue weighted by atomic mass is 10.1. The Bertz CT molecular complexity index is 578. The van der Waals surface area contributed by atoms with Crippen molar-refractivity contribution in [3.8, 4) is 5.75 Å². The monoisotopic (exact) mass is 274 g/mol. The second-order valence-electron chi connectivity index (χ2n) is 4.83. The third-order valence-corrected chi connectivity index (χ3v) is 3.49. The summed E-state index contributed by atoms with van der Waals surface area (Å²) in [7, 11) is 1.63. The van der Waals surface area contributed by atoms with Crippen LogP contribution in [0.15, 0.2) is 24.3 Å². The number of hydrogen-bond donors (Lipinski definition) is 2. The van der Waals surface area contributed by atoms with E-state index in [2.05, 4.69) is 15.2 Å². The van der Waals surface area contributed by atoms with Gasteiger partial charge in [-0.15, -0.1) is 0 Å². The van der Waals surface area contributed by atoms with Crippen molar-refractivity contribution in [3.05, 3.63) is 41.5 Å². The molecule has 0 amide bonds. The number of ether oxygens (including phenoxy) is 2. The van der Waals surface area contributed by atoms with E-state index >= 15 is 0 Å². The summed E-state index contributed by atoms with van der Waals surface area (Å²) in [5, 5.41) is 7.14. The standard InChI is InChI=1S/C14H18N4O2/c1-19-10-5-2-4-9(8-10)12(15)14-16-13(17-18-14)11-6-3-7-20-11/h2,4-5,8,11-12H,3,6-7,15H2,1H3,(H,16,17,18)/t11-,12+/m1/s1. The van der Waals surface area contributed by atoms with Crippen molar-refractivity contribution in [3.63, 3.8) is 0 Å². The molecule has 2 heterocycles. The maximum Gasteiger partial charge on any atom is 0.171 e. The zero-order chi connectivity index (χ0) is 13.9. The molecule has 6 nitrogen and oxygen atoms in total. The number of nitrogens with zero attached hydrogens (tertiary/aromatic N) is 2. The van der Waals surface area contributed by atoms with Gasteiger partial charge in [0.25, 0.3) is 0 Å². The molecule has 0 radical (unpaired) electrons.